The van der Waals surface area contributed by atoms with Crippen molar-refractivity contribution in [3.8, 4) is 0 Å². The first-order valence-electron chi connectivity index (χ1n) is 7.26. The predicted octanol–water partition coefficient (Wildman–Crippen LogP) is 1.81. The molecule has 1 aliphatic rings. The summed E-state index contributed by atoms with van der Waals surface area (Å²) in [7, 11) is -3.34. The maximum absolute atomic E-state index is 12.0. The van der Waals surface area contributed by atoms with Gasteiger partial charge in [-0.2, -0.15) is 0 Å². The van der Waals surface area contributed by atoms with E-state index in [-0.39, 0.29) is 10.8 Å². The smallest absolute Gasteiger partial charge is 0.224 e. The predicted molar refractivity (Wildman–Crippen MR) is 83.0 cm³/mol. The molecule has 1 aliphatic heterocycles. The molecule has 2 N–H and O–H groups in total. The van der Waals surface area contributed by atoms with Gasteiger partial charge in [0.2, 0.25) is 5.91 Å². The molecule has 0 saturated carbocycles. The summed E-state index contributed by atoms with van der Waals surface area (Å²) in [6.07, 6.45) is 4.64. The molecule has 0 bridgehead atoms. The van der Waals surface area contributed by atoms with Crippen molar-refractivity contribution < 1.29 is 13.2 Å². The minimum atomic E-state index is -3.34. The van der Waals surface area contributed by atoms with Gasteiger partial charge < -0.3 is 10.6 Å². The summed E-state index contributed by atoms with van der Waals surface area (Å²) in [6, 6.07) is 6.51. The molecule has 1 saturated heterocycles. The molecule has 0 aliphatic carbocycles. The monoisotopic (exact) mass is 310 g/mol. The van der Waals surface area contributed by atoms with Gasteiger partial charge in [-0.25, -0.2) is 8.42 Å². The Morgan fingerprint density at radius 3 is 2.62 bits per heavy atom. The lowest BCUT2D eigenvalue weighted by atomic mass is 9.93. The van der Waals surface area contributed by atoms with E-state index in [1.54, 1.807) is 18.2 Å². The Bertz CT molecular complexity index is 593. The Hall–Kier alpha value is -1.40. The second-order valence-electron chi connectivity index (χ2n) is 5.55. The fourth-order valence-corrected chi connectivity index (χ4v) is 3.46. The number of nitrogens with one attached hydrogen (secondary N) is 2. The van der Waals surface area contributed by atoms with Crippen LogP contribution in [0.2, 0.25) is 0 Å². The highest BCUT2D eigenvalue weighted by Crippen LogP contribution is 2.22. The first kappa shape index (κ1) is 16.0. The van der Waals surface area contributed by atoms with Crippen LogP contribution in [0.3, 0.4) is 0 Å². The van der Waals surface area contributed by atoms with Crippen LogP contribution in [0.4, 0.5) is 5.69 Å². The zero-order valence-electron chi connectivity index (χ0n) is 12.3. The molecule has 2 rings (SSSR count). The molecule has 0 atom stereocenters. The highest BCUT2D eigenvalue weighted by molar-refractivity contribution is 7.90. The lowest BCUT2D eigenvalue weighted by Crippen LogP contribution is -2.28. The standard InChI is InChI=1S/C15H22N2O3S/c1-21(19,20)14-5-3-2-4-13(14)17-15(18)7-6-12-8-10-16-11-9-12/h2-5,12,16H,6-11H2,1H3,(H,17,18). The van der Waals surface area contributed by atoms with Crippen molar-refractivity contribution in [3.63, 3.8) is 0 Å². The van der Waals surface area contributed by atoms with E-state index in [9.17, 15) is 13.2 Å². The van der Waals surface area contributed by atoms with Crippen molar-refractivity contribution in [1.29, 1.82) is 0 Å². The molecular weight excluding hydrogens is 288 g/mol. The van der Waals surface area contributed by atoms with Gasteiger partial charge in [0.05, 0.1) is 10.6 Å². The summed E-state index contributed by atoms with van der Waals surface area (Å²) in [5.41, 5.74) is 0.371. The summed E-state index contributed by atoms with van der Waals surface area (Å²) in [6.45, 7) is 2.03. The molecule has 1 amide bonds. The number of para-hydroxylation sites is 1. The molecule has 5 nitrogen and oxygen atoms in total. The number of sulfone groups is 1. The Kier molecular flexibility index (Phi) is 5.36. The second-order valence-corrected chi connectivity index (χ2v) is 7.53. The lowest BCUT2D eigenvalue weighted by Gasteiger charge is -2.22. The van der Waals surface area contributed by atoms with E-state index >= 15 is 0 Å². The van der Waals surface area contributed by atoms with Crippen LogP contribution in [0.15, 0.2) is 29.2 Å². The molecule has 0 spiro atoms. The third-order valence-electron chi connectivity index (χ3n) is 3.80. The number of carbonyl (C=O) groups is 1. The van der Waals surface area contributed by atoms with Gasteiger partial charge in [0.15, 0.2) is 9.84 Å². The van der Waals surface area contributed by atoms with Gasteiger partial charge in [0, 0.05) is 12.7 Å². The Labute approximate surface area is 126 Å². The first-order chi connectivity index (χ1) is 9.97. The summed E-state index contributed by atoms with van der Waals surface area (Å²) in [4.78, 5) is 12.2. The number of amides is 1. The highest BCUT2D eigenvalue weighted by atomic mass is 32.2. The zero-order valence-corrected chi connectivity index (χ0v) is 13.1. The van der Waals surface area contributed by atoms with Crippen molar-refractivity contribution in [3.05, 3.63) is 24.3 Å². The van der Waals surface area contributed by atoms with E-state index in [0.29, 0.717) is 18.0 Å². The number of rotatable bonds is 5. The van der Waals surface area contributed by atoms with Crippen LogP contribution in [0.25, 0.3) is 0 Å². The largest absolute Gasteiger partial charge is 0.325 e. The van der Waals surface area contributed by atoms with Crippen LogP contribution in [0, 0.1) is 5.92 Å². The van der Waals surface area contributed by atoms with E-state index in [1.165, 1.54) is 6.07 Å². The molecule has 0 unspecified atom stereocenters. The second kappa shape index (κ2) is 7.04. The van der Waals surface area contributed by atoms with Crippen molar-refractivity contribution >= 4 is 21.4 Å². The Morgan fingerprint density at radius 2 is 1.95 bits per heavy atom. The van der Waals surface area contributed by atoms with Crippen molar-refractivity contribution in [1.82, 2.24) is 5.32 Å². The summed E-state index contributed by atoms with van der Waals surface area (Å²) < 4.78 is 23.4. The number of benzene rings is 1. The molecule has 6 heteroatoms. The molecule has 116 valence electrons. The van der Waals surface area contributed by atoms with E-state index in [4.69, 9.17) is 0 Å². The number of carbonyl (C=O) groups excluding carboxylic acids is 1. The summed E-state index contributed by atoms with van der Waals surface area (Å²) in [5.74, 6) is 0.465. The molecule has 0 radical (unpaired) electrons. The van der Waals surface area contributed by atoms with Crippen LogP contribution >= 0.6 is 0 Å². The first-order valence-corrected chi connectivity index (χ1v) is 9.15. The van der Waals surface area contributed by atoms with Crippen molar-refractivity contribution in [2.75, 3.05) is 24.7 Å². The number of piperidine rings is 1. The Morgan fingerprint density at radius 1 is 1.29 bits per heavy atom. The quantitative estimate of drug-likeness (QED) is 0.870. The molecule has 0 aromatic heterocycles. The molecule has 21 heavy (non-hydrogen) atoms. The summed E-state index contributed by atoms with van der Waals surface area (Å²) in [5, 5.41) is 6.02. The summed E-state index contributed by atoms with van der Waals surface area (Å²) >= 11 is 0. The van der Waals surface area contributed by atoms with Crippen LogP contribution in [-0.4, -0.2) is 33.7 Å². The van der Waals surface area contributed by atoms with Crippen LogP contribution in [0.1, 0.15) is 25.7 Å². The van der Waals surface area contributed by atoms with Crippen LogP contribution in [-0.2, 0) is 14.6 Å². The SMILES string of the molecule is CS(=O)(=O)c1ccccc1NC(=O)CCC1CCNCC1. The highest BCUT2D eigenvalue weighted by Gasteiger charge is 2.17. The van der Waals surface area contributed by atoms with Gasteiger partial charge in [-0.05, 0) is 50.4 Å². The van der Waals surface area contributed by atoms with E-state index in [0.717, 1.165) is 38.6 Å². The molecule has 1 heterocycles. The van der Waals surface area contributed by atoms with Crippen molar-refractivity contribution in [2.24, 2.45) is 5.92 Å². The average molecular weight is 310 g/mol. The van der Waals surface area contributed by atoms with Gasteiger partial charge in [-0.1, -0.05) is 12.1 Å². The molecule has 1 aromatic rings. The minimum absolute atomic E-state index is 0.121. The van der Waals surface area contributed by atoms with Gasteiger partial charge in [-0.3, -0.25) is 4.79 Å². The third kappa shape index (κ3) is 4.82. The minimum Gasteiger partial charge on any atom is -0.325 e. The third-order valence-corrected chi connectivity index (χ3v) is 4.95. The maximum Gasteiger partial charge on any atom is 0.224 e. The van der Waals surface area contributed by atoms with E-state index in [2.05, 4.69) is 10.6 Å². The van der Waals surface area contributed by atoms with E-state index < -0.39 is 9.84 Å². The molecular formula is C15H22N2O3S. The number of hydrogen-bond acceptors (Lipinski definition) is 4. The van der Waals surface area contributed by atoms with E-state index in [1.807, 2.05) is 0 Å². The fraction of sp³-hybridized carbons (Fsp3) is 0.533. The van der Waals surface area contributed by atoms with Gasteiger partial charge in [0.25, 0.3) is 0 Å². The van der Waals surface area contributed by atoms with Gasteiger partial charge in [-0.15, -0.1) is 0 Å². The normalized spacial score (nSPS) is 16.6. The Balaban J connectivity index is 1.93. The molecule has 1 fully saturated rings. The fourth-order valence-electron chi connectivity index (χ4n) is 2.61. The van der Waals surface area contributed by atoms with Gasteiger partial charge >= 0.3 is 0 Å². The van der Waals surface area contributed by atoms with Crippen LogP contribution < -0.4 is 10.6 Å². The van der Waals surface area contributed by atoms with Gasteiger partial charge in [0.1, 0.15) is 0 Å². The average Bonchev–Trinajstić information content (AvgIpc) is 2.46. The topological polar surface area (TPSA) is 75.3 Å². The number of anilines is 1. The molecule has 1 aromatic carbocycles. The van der Waals surface area contributed by atoms with Crippen LogP contribution in [0.5, 0.6) is 0 Å². The zero-order chi connectivity index (χ0) is 15.3. The maximum atomic E-state index is 12.0. The lowest BCUT2D eigenvalue weighted by molar-refractivity contribution is -0.116. The van der Waals surface area contributed by atoms with Crippen molar-refractivity contribution in [2.45, 2.75) is 30.6 Å². The number of hydrogen-bond donors (Lipinski definition) is 2.